The predicted octanol–water partition coefficient (Wildman–Crippen LogP) is 2.54. The minimum Gasteiger partial charge on any atom is -0.391 e. The number of pyridine rings is 1. The Labute approximate surface area is 130 Å². The van der Waals surface area contributed by atoms with Crippen molar-refractivity contribution < 1.29 is 9.90 Å². The first-order valence-corrected chi connectivity index (χ1v) is 7.78. The van der Waals surface area contributed by atoms with E-state index in [4.69, 9.17) is 11.6 Å². The van der Waals surface area contributed by atoms with Crippen molar-refractivity contribution in [1.82, 2.24) is 9.88 Å². The number of likely N-dealkylation sites (N-methyl/N-ethyl adjacent to an activating group) is 1. The average Bonchev–Trinajstić information content (AvgIpc) is 2.48. The van der Waals surface area contributed by atoms with E-state index in [0.717, 1.165) is 32.2 Å². The van der Waals surface area contributed by atoms with E-state index in [1.807, 2.05) is 6.92 Å². The Balaban J connectivity index is 2.20. The van der Waals surface area contributed by atoms with Gasteiger partial charge in [0, 0.05) is 13.6 Å². The monoisotopic (exact) mass is 311 g/mol. The number of carbonyl (C=O) groups is 1. The lowest BCUT2D eigenvalue weighted by Crippen LogP contribution is -2.46. The van der Waals surface area contributed by atoms with E-state index in [9.17, 15) is 9.90 Å². The molecule has 6 heteroatoms. The van der Waals surface area contributed by atoms with E-state index in [0.29, 0.717) is 10.8 Å². The van der Waals surface area contributed by atoms with Gasteiger partial charge in [0.15, 0.2) is 0 Å². The highest BCUT2D eigenvalue weighted by molar-refractivity contribution is 6.33. The quantitative estimate of drug-likeness (QED) is 0.897. The lowest BCUT2D eigenvalue weighted by atomic mass is 9.91. The van der Waals surface area contributed by atoms with Gasteiger partial charge in [-0.3, -0.25) is 4.79 Å². The number of halogens is 1. The molecule has 0 saturated heterocycles. The fourth-order valence-electron chi connectivity index (χ4n) is 2.73. The van der Waals surface area contributed by atoms with Gasteiger partial charge in [-0.15, -0.1) is 0 Å². The van der Waals surface area contributed by atoms with E-state index in [1.54, 1.807) is 24.1 Å². The van der Waals surface area contributed by atoms with Gasteiger partial charge in [0.05, 0.1) is 17.2 Å². The zero-order valence-corrected chi connectivity index (χ0v) is 13.2. The maximum absolute atomic E-state index is 12.6. The normalized spacial score (nSPS) is 21.9. The zero-order valence-electron chi connectivity index (χ0n) is 12.5. The molecule has 21 heavy (non-hydrogen) atoms. The van der Waals surface area contributed by atoms with E-state index >= 15 is 0 Å². The van der Waals surface area contributed by atoms with E-state index < -0.39 is 6.10 Å². The molecular formula is C15H22ClN3O2. The number of aromatic nitrogens is 1. The lowest BCUT2D eigenvalue weighted by Gasteiger charge is -2.35. The first-order valence-electron chi connectivity index (χ1n) is 7.40. The summed E-state index contributed by atoms with van der Waals surface area (Å²) in [6.07, 6.45) is 3.12. The van der Waals surface area contributed by atoms with Crippen LogP contribution < -0.4 is 5.32 Å². The van der Waals surface area contributed by atoms with E-state index in [1.165, 1.54) is 0 Å². The summed E-state index contributed by atoms with van der Waals surface area (Å²) < 4.78 is 0. The second-order valence-electron chi connectivity index (χ2n) is 5.39. The maximum Gasteiger partial charge on any atom is 0.274 e. The van der Waals surface area contributed by atoms with Crippen molar-refractivity contribution in [3.63, 3.8) is 0 Å². The zero-order chi connectivity index (χ0) is 15.4. The van der Waals surface area contributed by atoms with Crippen LogP contribution in [0.25, 0.3) is 0 Å². The number of rotatable bonds is 4. The standard InChI is InChI=1S/C15H22ClN3O2/c1-3-17-13-9-8-10(16)14(18-13)15(21)19(2)11-6-4-5-7-12(11)20/h8-9,11-12,20H,3-7H2,1-2H3,(H,17,18). The lowest BCUT2D eigenvalue weighted by molar-refractivity contribution is 0.0264. The van der Waals surface area contributed by atoms with Crippen LogP contribution in [0.2, 0.25) is 5.02 Å². The molecule has 1 aliphatic rings. The Kier molecular flexibility index (Phi) is 5.42. The van der Waals surface area contributed by atoms with Crippen molar-refractivity contribution in [2.24, 2.45) is 0 Å². The van der Waals surface area contributed by atoms with Crippen LogP contribution in [0, 0.1) is 0 Å². The van der Waals surface area contributed by atoms with Crippen LogP contribution in [0.3, 0.4) is 0 Å². The van der Waals surface area contributed by atoms with Crippen LogP contribution in [0.1, 0.15) is 43.1 Å². The number of nitrogens with zero attached hydrogens (tertiary/aromatic N) is 2. The highest BCUT2D eigenvalue weighted by atomic mass is 35.5. The molecule has 0 bridgehead atoms. The summed E-state index contributed by atoms with van der Waals surface area (Å²) in [4.78, 5) is 18.5. The SMILES string of the molecule is CCNc1ccc(Cl)c(C(=O)N(C)C2CCCCC2O)n1. The third-order valence-electron chi connectivity index (χ3n) is 3.92. The number of nitrogens with one attached hydrogen (secondary N) is 1. The van der Waals surface area contributed by atoms with Gasteiger partial charge in [0.25, 0.3) is 5.91 Å². The van der Waals surface area contributed by atoms with Crippen molar-refractivity contribution in [3.05, 3.63) is 22.8 Å². The number of aliphatic hydroxyl groups is 1. The molecule has 1 aliphatic carbocycles. The number of anilines is 1. The van der Waals surface area contributed by atoms with Crippen LogP contribution in [0.15, 0.2) is 12.1 Å². The average molecular weight is 312 g/mol. The third-order valence-corrected chi connectivity index (χ3v) is 4.22. The maximum atomic E-state index is 12.6. The van der Waals surface area contributed by atoms with Gasteiger partial charge in [-0.1, -0.05) is 24.4 Å². The largest absolute Gasteiger partial charge is 0.391 e. The van der Waals surface area contributed by atoms with Gasteiger partial charge in [-0.05, 0) is 31.9 Å². The molecule has 2 unspecified atom stereocenters. The molecule has 116 valence electrons. The Hall–Kier alpha value is -1.33. The summed E-state index contributed by atoms with van der Waals surface area (Å²) in [6.45, 7) is 2.68. The number of hydrogen-bond donors (Lipinski definition) is 2. The van der Waals surface area contributed by atoms with Gasteiger partial charge in [-0.2, -0.15) is 0 Å². The summed E-state index contributed by atoms with van der Waals surface area (Å²) in [6, 6.07) is 3.26. The van der Waals surface area contributed by atoms with Crippen LogP contribution in [-0.4, -0.2) is 46.6 Å². The molecule has 1 aromatic rings. The Morgan fingerprint density at radius 1 is 1.48 bits per heavy atom. The minimum atomic E-state index is -0.469. The summed E-state index contributed by atoms with van der Waals surface area (Å²) in [5.74, 6) is 0.383. The highest BCUT2D eigenvalue weighted by Crippen LogP contribution is 2.25. The van der Waals surface area contributed by atoms with E-state index in [-0.39, 0.29) is 17.6 Å². The van der Waals surface area contributed by atoms with Crippen molar-refractivity contribution in [1.29, 1.82) is 0 Å². The first-order chi connectivity index (χ1) is 10.0. The number of carbonyl (C=O) groups excluding carboxylic acids is 1. The first kappa shape index (κ1) is 16.0. The summed E-state index contributed by atoms with van der Waals surface area (Å²) in [5.41, 5.74) is 0.232. The Morgan fingerprint density at radius 3 is 2.86 bits per heavy atom. The highest BCUT2D eigenvalue weighted by Gasteiger charge is 2.31. The summed E-state index contributed by atoms with van der Waals surface area (Å²) in [7, 11) is 1.71. The molecule has 2 N–H and O–H groups in total. The molecule has 1 fully saturated rings. The topological polar surface area (TPSA) is 65.5 Å². The van der Waals surface area contributed by atoms with Gasteiger partial charge in [0.1, 0.15) is 11.5 Å². The number of aliphatic hydroxyl groups excluding tert-OH is 1. The molecule has 2 rings (SSSR count). The number of hydrogen-bond acceptors (Lipinski definition) is 4. The van der Waals surface area contributed by atoms with Crippen molar-refractivity contribution in [3.8, 4) is 0 Å². The van der Waals surface area contributed by atoms with E-state index in [2.05, 4.69) is 10.3 Å². The van der Waals surface area contributed by atoms with Crippen molar-refractivity contribution >= 4 is 23.3 Å². The second-order valence-corrected chi connectivity index (χ2v) is 5.80. The molecule has 5 nitrogen and oxygen atoms in total. The molecule has 1 saturated carbocycles. The van der Waals surface area contributed by atoms with Gasteiger partial charge in [-0.25, -0.2) is 4.98 Å². The van der Waals surface area contributed by atoms with Crippen LogP contribution in [-0.2, 0) is 0 Å². The number of amides is 1. The molecule has 0 aliphatic heterocycles. The van der Waals surface area contributed by atoms with Crippen LogP contribution in [0.5, 0.6) is 0 Å². The second kappa shape index (κ2) is 7.09. The Bertz CT molecular complexity index is 510. The van der Waals surface area contributed by atoms with Gasteiger partial charge in [0.2, 0.25) is 0 Å². The summed E-state index contributed by atoms with van der Waals surface area (Å²) >= 11 is 6.11. The van der Waals surface area contributed by atoms with Crippen molar-refractivity contribution in [2.45, 2.75) is 44.8 Å². The molecule has 0 spiro atoms. The Morgan fingerprint density at radius 2 is 2.19 bits per heavy atom. The van der Waals surface area contributed by atoms with Gasteiger partial charge >= 0.3 is 0 Å². The molecular weight excluding hydrogens is 290 g/mol. The molecule has 0 radical (unpaired) electrons. The van der Waals surface area contributed by atoms with Crippen LogP contribution >= 0.6 is 11.6 Å². The predicted molar refractivity (Wildman–Crippen MR) is 83.8 cm³/mol. The molecule has 0 aromatic carbocycles. The molecule has 1 aromatic heterocycles. The van der Waals surface area contributed by atoms with Crippen molar-refractivity contribution in [2.75, 3.05) is 18.9 Å². The molecule has 1 amide bonds. The summed E-state index contributed by atoms with van der Waals surface area (Å²) in [5, 5.41) is 13.5. The minimum absolute atomic E-state index is 0.160. The fraction of sp³-hybridized carbons (Fsp3) is 0.600. The fourth-order valence-corrected chi connectivity index (χ4v) is 2.92. The molecule has 2 atom stereocenters. The smallest absolute Gasteiger partial charge is 0.274 e. The van der Waals surface area contributed by atoms with Crippen LogP contribution in [0.4, 0.5) is 5.82 Å². The van der Waals surface area contributed by atoms with Gasteiger partial charge < -0.3 is 15.3 Å². The third kappa shape index (κ3) is 3.66. The molecule has 1 heterocycles.